The number of hydrogen-bond acceptors (Lipinski definition) is 8. The maximum absolute atomic E-state index is 12.9. The molecule has 0 saturated carbocycles. The summed E-state index contributed by atoms with van der Waals surface area (Å²) < 4.78 is 11.2. The van der Waals surface area contributed by atoms with Gasteiger partial charge >= 0.3 is 0 Å². The third-order valence-corrected chi connectivity index (χ3v) is 12.5. The minimum absolute atomic E-state index is 0.134. The molecule has 1 heterocycles. The van der Waals surface area contributed by atoms with Gasteiger partial charge in [-0.15, -0.1) is 0 Å². The van der Waals surface area contributed by atoms with E-state index in [9.17, 15) is 30.3 Å². The van der Waals surface area contributed by atoms with Crippen LogP contribution in [0.15, 0.2) is 0 Å². The fraction of sp³-hybridized carbons (Fsp3) is 0.980. The number of aliphatic hydroxyl groups is 5. The summed E-state index contributed by atoms with van der Waals surface area (Å²) >= 11 is 0. The van der Waals surface area contributed by atoms with Crippen molar-refractivity contribution in [2.24, 2.45) is 0 Å². The molecular formula is C49H97NO8. The highest BCUT2D eigenvalue weighted by Gasteiger charge is 2.44. The normalized spacial score (nSPS) is 20.7. The molecule has 7 atom stereocenters. The van der Waals surface area contributed by atoms with E-state index in [0.29, 0.717) is 12.8 Å². The number of hydrogen-bond donors (Lipinski definition) is 6. The second-order valence-corrected chi connectivity index (χ2v) is 18.0. The highest BCUT2D eigenvalue weighted by Crippen LogP contribution is 2.23. The molecule has 1 fully saturated rings. The number of unbranched alkanes of at least 4 members (excludes halogenated alkanes) is 33. The maximum atomic E-state index is 12.9. The van der Waals surface area contributed by atoms with E-state index in [1.807, 2.05) is 0 Å². The van der Waals surface area contributed by atoms with Crippen LogP contribution in [0.5, 0.6) is 0 Å². The first-order chi connectivity index (χ1) is 28.3. The summed E-state index contributed by atoms with van der Waals surface area (Å²) in [4.78, 5) is 12.9. The summed E-state index contributed by atoms with van der Waals surface area (Å²) in [6.45, 7) is 3.79. The largest absolute Gasteiger partial charge is 0.394 e. The molecule has 1 aliphatic heterocycles. The Morgan fingerprint density at radius 3 is 1.22 bits per heavy atom. The van der Waals surface area contributed by atoms with E-state index in [2.05, 4.69) is 19.2 Å². The molecule has 0 spiro atoms. The number of ether oxygens (including phenoxy) is 2. The summed E-state index contributed by atoms with van der Waals surface area (Å²) in [5.41, 5.74) is 0. The summed E-state index contributed by atoms with van der Waals surface area (Å²) in [6, 6.07) is -0.709. The van der Waals surface area contributed by atoms with Crippen molar-refractivity contribution in [3.05, 3.63) is 0 Å². The Hall–Kier alpha value is -0.810. The molecule has 6 N–H and O–H groups in total. The second kappa shape index (κ2) is 40.3. The van der Waals surface area contributed by atoms with Gasteiger partial charge in [-0.1, -0.05) is 232 Å². The molecule has 0 aromatic rings. The molecule has 0 bridgehead atoms. The van der Waals surface area contributed by atoms with Gasteiger partial charge in [-0.25, -0.2) is 0 Å². The lowest BCUT2D eigenvalue weighted by Crippen LogP contribution is -2.60. The molecule has 346 valence electrons. The van der Waals surface area contributed by atoms with Crippen molar-refractivity contribution >= 4 is 5.91 Å². The van der Waals surface area contributed by atoms with Crippen molar-refractivity contribution in [3.8, 4) is 0 Å². The Labute approximate surface area is 357 Å². The number of aliphatic hydroxyl groups excluding tert-OH is 5. The second-order valence-electron chi connectivity index (χ2n) is 18.0. The molecule has 0 radical (unpaired) electrons. The van der Waals surface area contributed by atoms with Gasteiger partial charge in [-0.2, -0.15) is 0 Å². The SMILES string of the molecule is CCCCCCCCCCCCCCCCCCCCCCCCCCCCCCCC(=O)NC(COC1OC(CO)C(O)C(O)C1O)C(O)CCCCCCCC. The molecule has 0 aromatic heterocycles. The van der Waals surface area contributed by atoms with Crippen LogP contribution in [-0.4, -0.2) is 87.5 Å². The van der Waals surface area contributed by atoms with Gasteiger partial charge in [-0.05, 0) is 12.8 Å². The number of amides is 1. The standard InChI is InChI=1S/C49H97NO8/c1-3-5-7-9-11-12-13-14-15-16-17-18-19-20-21-22-23-24-25-26-27-28-29-30-31-32-33-35-37-39-45(53)50-42(43(52)38-36-34-10-8-6-4-2)41-57-49-48(56)47(55)46(54)44(40-51)58-49/h42-44,46-49,51-52,54-56H,3-41H2,1-2H3,(H,50,53). The Bertz CT molecular complexity index is 878. The number of carbonyl (C=O) groups is 1. The first-order valence-electron chi connectivity index (χ1n) is 25.2. The zero-order valence-electron chi connectivity index (χ0n) is 38.1. The highest BCUT2D eigenvalue weighted by molar-refractivity contribution is 5.76. The molecule has 58 heavy (non-hydrogen) atoms. The third-order valence-electron chi connectivity index (χ3n) is 12.5. The lowest BCUT2D eigenvalue weighted by atomic mass is 9.99. The zero-order chi connectivity index (χ0) is 42.3. The summed E-state index contributed by atoms with van der Waals surface area (Å²) in [5.74, 6) is -0.144. The number of nitrogens with one attached hydrogen (secondary N) is 1. The van der Waals surface area contributed by atoms with E-state index >= 15 is 0 Å². The monoisotopic (exact) mass is 828 g/mol. The van der Waals surface area contributed by atoms with Crippen LogP contribution in [0.3, 0.4) is 0 Å². The minimum Gasteiger partial charge on any atom is -0.394 e. The summed E-state index contributed by atoms with van der Waals surface area (Å²) in [6.07, 6.45) is 39.0. The Morgan fingerprint density at radius 1 is 0.517 bits per heavy atom. The van der Waals surface area contributed by atoms with Gasteiger partial charge in [0.2, 0.25) is 5.91 Å². The van der Waals surface area contributed by atoms with E-state index in [1.54, 1.807) is 0 Å². The maximum Gasteiger partial charge on any atom is 0.220 e. The predicted molar refractivity (Wildman–Crippen MR) is 240 cm³/mol. The van der Waals surface area contributed by atoms with Crippen molar-refractivity contribution in [2.45, 2.75) is 294 Å². The topological polar surface area (TPSA) is 149 Å². The van der Waals surface area contributed by atoms with Gasteiger partial charge in [0.05, 0.1) is 25.4 Å². The average molecular weight is 828 g/mol. The van der Waals surface area contributed by atoms with Crippen LogP contribution in [0.1, 0.15) is 251 Å². The van der Waals surface area contributed by atoms with E-state index in [0.717, 1.165) is 38.5 Å². The molecule has 9 nitrogen and oxygen atoms in total. The van der Waals surface area contributed by atoms with Crippen molar-refractivity contribution in [1.82, 2.24) is 5.32 Å². The molecule has 1 aliphatic rings. The Balaban J connectivity index is 2.04. The summed E-state index contributed by atoms with van der Waals surface area (Å²) in [7, 11) is 0. The van der Waals surface area contributed by atoms with Crippen LogP contribution in [0.4, 0.5) is 0 Å². The molecule has 7 unspecified atom stereocenters. The van der Waals surface area contributed by atoms with Crippen LogP contribution in [-0.2, 0) is 14.3 Å². The Morgan fingerprint density at radius 2 is 0.862 bits per heavy atom. The van der Waals surface area contributed by atoms with Crippen LogP contribution in [0, 0.1) is 0 Å². The molecule has 9 heteroatoms. The van der Waals surface area contributed by atoms with E-state index in [1.165, 1.54) is 186 Å². The van der Waals surface area contributed by atoms with Crippen LogP contribution >= 0.6 is 0 Å². The van der Waals surface area contributed by atoms with Gasteiger partial charge in [0, 0.05) is 6.42 Å². The molecule has 1 amide bonds. The lowest BCUT2D eigenvalue weighted by Gasteiger charge is -2.40. The predicted octanol–water partition coefficient (Wildman–Crippen LogP) is 11.1. The molecule has 1 rings (SSSR count). The van der Waals surface area contributed by atoms with E-state index in [-0.39, 0.29) is 12.5 Å². The van der Waals surface area contributed by atoms with Gasteiger partial charge in [0.15, 0.2) is 6.29 Å². The lowest BCUT2D eigenvalue weighted by molar-refractivity contribution is -0.302. The smallest absolute Gasteiger partial charge is 0.220 e. The van der Waals surface area contributed by atoms with Gasteiger partial charge in [0.1, 0.15) is 24.4 Å². The number of rotatable bonds is 43. The third kappa shape index (κ3) is 30.3. The molecule has 0 aromatic carbocycles. The first kappa shape index (κ1) is 55.2. The average Bonchev–Trinajstić information content (AvgIpc) is 3.22. The fourth-order valence-corrected chi connectivity index (χ4v) is 8.40. The van der Waals surface area contributed by atoms with Gasteiger partial charge in [0.25, 0.3) is 0 Å². The van der Waals surface area contributed by atoms with Gasteiger partial charge < -0.3 is 40.3 Å². The fourth-order valence-electron chi connectivity index (χ4n) is 8.40. The highest BCUT2D eigenvalue weighted by atomic mass is 16.7. The van der Waals surface area contributed by atoms with Crippen molar-refractivity contribution in [1.29, 1.82) is 0 Å². The van der Waals surface area contributed by atoms with Crippen LogP contribution < -0.4 is 5.32 Å². The van der Waals surface area contributed by atoms with E-state index < -0.39 is 49.5 Å². The quantitative estimate of drug-likeness (QED) is 0.0333. The first-order valence-corrected chi connectivity index (χ1v) is 25.2. The molecule has 0 aliphatic carbocycles. The Kier molecular flexibility index (Phi) is 38.3. The minimum atomic E-state index is -1.55. The van der Waals surface area contributed by atoms with Crippen LogP contribution in [0.2, 0.25) is 0 Å². The summed E-state index contributed by atoms with van der Waals surface area (Å²) in [5, 5.41) is 54.0. The number of carbonyl (C=O) groups excluding carboxylic acids is 1. The van der Waals surface area contributed by atoms with Gasteiger partial charge in [-0.3, -0.25) is 4.79 Å². The van der Waals surface area contributed by atoms with Crippen molar-refractivity contribution in [2.75, 3.05) is 13.2 Å². The molecular weight excluding hydrogens is 731 g/mol. The van der Waals surface area contributed by atoms with Crippen molar-refractivity contribution in [3.63, 3.8) is 0 Å². The van der Waals surface area contributed by atoms with E-state index in [4.69, 9.17) is 9.47 Å². The van der Waals surface area contributed by atoms with Crippen molar-refractivity contribution < 1.29 is 39.8 Å². The zero-order valence-corrected chi connectivity index (χ0v) is 38.1. The van der Waals surface area contributed by atoms with Crippen LogP contribution in [0.25, 0.3) is 0 Å². The molecule has 1 saturated heterocycles.